The van der Waals surface area contributed by atoms with Gasteiger partial charge in [0.1, 0.15) is 5.60 Å². The Morgan fingerprint density at radius 3 is 2.48 bits per heavy atom. The maximum absolute atomic E-state index is 12.5. The van der Waals surface area contributed by atoms with Crippen LogP contribution in [0.15, 0.2) is 0 Å². The zero-order valence-electron chi connectivity index (χ0n) is 15.1. The molecule has 5 heteroatoms. The maximum atomic E-state index is 12.5. The summed E-state index contributed by atoms with van der Waals surface area (Å²) in [4.78, 5) is 14.5. The first kappa shape index (κ1) is 17.4. The lowest BCUT2D eigenvalue weighted by Crippen LogP contribution is -2.53. The highest BCUT2D eigenvalue weighted by molar-refractivity contribution is 8.00. The molecular weight excluding hydrogens is 308 g/mol. The molecule has 3 heterocycles. The van der Waals surface area contributed by atoms with Gasteiger partial charge in [0.15, 0.2) is 0 Å². The summed E-state index contributed by atoms with van der Waals surface area (Å²) >= 11 is 2.12. The van der Waals surface area contributed by atoms with Crippen molar-refractivity contribution in [2.45, 2.75) is 94.7 Å². The van der Waals surface area contributed by atoms with Crippen molar-refractivity contribution >= 4 is 17.9 Å². The quantitative estimate of drug-likeness (QED) is 0.849. The fourth-order valence-electron chi connectivity index (χ4n) is 4.29. The van der Waals surface area contributed by atoms with Crippen molar-refractivity contribution in [2.24, 2.45) is 0 Å². The molecule has 3 rings (SSSR count). The zero-order chi connectivity index (χ0) is 16.7. The molecule has 1 N–H and O–H groups in total. The maximum Gasteiger partial charge on any atom is 0.410 e. The number of fused-ring (bicyclic) bond motifs is 2. The Morgan fingerprint density at radius 2 is 1.96 bits per heavy atom. The minimum atomic E-state index is -0.403. The molecule has 2 bridgehead atoms. The molecule has 0 spiro atoms. The smallest absolute Gasteiger partial charge is 0.410 e. The molecule has 0 aliphatic carbocycles. The van der Waals surface area contributed by atoms with Crippen LogP contribution in [0.4, 0.5) is 4.79 Å². The van der Waals surface area contributed by atoms with Crippen LogP contribution in [0.25, 0.3) is 0 Å². The third kappa shape index (κ3) is 4.16. The molecule has 1 amide bonds. The van der Waals surface area contributed by atoms with Gasteiger partial charge in [-0.1, -0.05) is 0 Å². The lowest BCUT2D eigenvalue weighted by Gasteiger charge is -2.40. The number of thioether (sulfide) groups is 1. The Labute approximate surface area is 145 Å². The monoisotopic (exact) mass is 340 g/mol. The molecule has 3 fully saturated rings. The molecule has 0 saturated carbocycles. The van der Waals surface area contributed by atoms with Crippen LogP contribution in [0.5, 0.6) is 0 Å². The van der Waals surface area contributed by atoms with Crippen molar-refractivity contribution in [1.29, 1.82) is 0 Å². The molecule has 3 atom stereocenters. The highest BCUT2D eigenvalue weighted by Gasteiger charge is 2.45. The van der Waals surface area contributed by atoms with E-state index < -0.39 is 5.60 Å². The van der Waals surface area contributed by atoms with Gasteiger partial charge in [-0.05, 0) is 72.0 Å². The lowest BCUT2D eigenvalue weighted by molar-refractivity contribution is 0.00466. The van der Waals surface area contributed by atoms with Crippen LogP contribution >= 0.6 is 11.8 Å². The number of hydrogen-bond acceptors (Lipinski definition) is 4. The van der Waals surface area contributed by atoms with E-state index in [0.29, 0.717) is 22.9 Å². The largest absolute Gasteiger partial charge is 0.444 e. The first-order valence-electron chi connectivity index (χ1n) is 9.14. The highest BCUT2D eigenvalue weighted by Crippen LogP contribution is 2.39. The number of carbonyl (C=O) groups excluding carboxylic acids is 1. The fourth-order valence-corrected chi connectivity index (χ4v) is 5.55. The first-order valence-corrected chi connectivity index (χ1v) is 10.1. The van der Waals surface area contributed by atoms with Gasteiger partial charge >= 0.3 is 6.09 Å². The Morgan fingerprint density at radius 1 is 1.30 bits per heavy atom. The van der Waals surface area contributed by atoms with Gasteiger partial charge < -0.3 is 15.0 Å². The number of amides is 1. The molecule has 3 aliphatic rings. The molecule has 0 aromatic rings. The van der Waals surface area contributed by atoms with Gasteiger partial charge in [0.2, 0.25) is 0 Å². The number of piperidine rings is 1. The van der Waals surface area contributed by atoms with Crippen LogP contribution in [0.3, 0.4) is 0 Å². The van der Waals surface area contributed by atoms with E-state index in [-0.39, 0.29) is 6.09 Å². The van der Waals surface area contributed by atoms with E-state index in [1.165, 1.54) is 18.6 Å². The van der Waals surface area contributed by atoms with E-state index in [4.69, 9.17) is 4.74 Å². The molecule has 3 unspecified atom stereocenters. The third-order valence-electron chi connectivity index (χ3n) is 5.40. The summed E-state index contributed by atoms with van der Waals surface area (Å²) in [6.07, 6.45) is 7.00. The second-order valence-corrected chi connectivity index (χ2v) is 10.4. The molecule has 0 radical (unpaired) electrons. The number of hydrogen-bond donors (Lipinski definition) is 1. The summed E-state index contributed by atoms with van der Waals surface area (Å²) in [6.45, 7) is 9.33. The van der Waals surface area contributed by atoms with E-state index in [2.05, 4.69) is 24.0 Å². The second-order valence-electron chi connectivity index (χ2n) is 8.72. The van der Waals surface area contributed by atoms with E-state index in [9.17, 15) is 4.79 Å². The van der Waals surface area contributed by atoms with Crippen LogP contribution in [0, 0.1) is 0 Å². The summed E-state index contributed by atoms with van der Waals surface area (Å²) in [5.41, 5.74) is -0.403. The average Bonchev–Trinajstić information content (AvgIpc) is 2.98. The van der Waals surface area contributed by atoms with Crippen LogP contribution in [0.2, 0.25) is 0 Å². The van der Waals surface area contributed by atoms with Crippen molar-refractivity contribution in [3.05, 3.63) is 0 Å². The molecule has 0 aromatic carbocycles. The summed E-state index contributed by atoms with van der Waals surface area (Å²) in [5, 5.41) is 3.81. The number of nitrogens with zero attached hydrogens (tertiary/aromatic N) is 1. The van der Waals surface area contributed by atoms with E-state index in [1.54, 1.807) is 0 Å². The highest BCUT2D eigenvalue weighted by atomic mass is 32.2. The average molecular weight is 341 g/mol. The molecular formula is C18H32N2O2S. The Balaban J connectivity index is 1.53. The van der Waals surface area contributed by atoms with Gasteiger partial charge in [-0.25, -0.2) is 4.79 Å². The summed E-state index contributed by atoms with van der Waals surface area (Å²) in [7, 11) is 0. The SMILES string of the molecule is CC(C)(C)OC(=O)N1C2CCC1CC(NCC1(C)CCCS1)C2. The number of ether oxygens (including phenoxy) is 1. The van der Waals surface area contributed by atoms with E-state index in [1.807, 2.05) is 25.7 Å². The van der Waals surface area contributed by atoms with Gasteiger partial charge in [0.05, 0.1) is 0 Å². The summed E-state index contributed by atoms with van der Waals surface area (Å²) in [5.74, 6) is 1.31. The molecule has 0 aromatic heterocycles. The Hall–Kier alpha value is -0.420. The molecule has 3 saturated heterocycles. The second kappa shape index (κ2) is 6.47. The Bertz CT molecular complexity index is 429. The zero-order valence-corrected chi connectivity index (χ0v) is 15.9. The van der Waals surface area contributed by atoms with Crippen LogP contribution in [0.1, 0.15) is 66.2 Å². The van der Waals surface area contributed by atoms with E-state index >= 15 is 0 Å². The lowest BCUT2D eigenvalue weighted by atomic mass is 9.96. The van der Waals surface area contributed by atoms with Crippen LogP contribution in [-0.2, 0) is 4.74 Å². The van der Waals surface area contributed by atoms with Crippen molar-refractivity contribution in [2.75, 3.05) is 12.3 Å². The number of rotatable bonds is 3. The minimum absolute atomic E-state index is 0.109. The standard InChI is InChI=1S/C18H32N2O2S/c1-17(2,3)22-16(21)20-14-6-7-15(20)11-13(10-14)19-12-18(4)8-5-9-23-18/h13-15,19H,5-12H2,1-4H3. The van der Waals surface area contributed by atoms with Crippen molar-refractivity contribution in [3.8, 4) is 0 Å². The van der Waals surface area contributed by atoms with Crippen molar-refractivity contribution in [3.63, 3.8) is 0 Å². The van der Waals surface area contributed by atoms with Gasteiger partial charge in [0, 0.05) is 29.4 Å². The van der Waals surface area contributed by atoms with Crippen molar-refractivity contribution in [1.82, 2.24) is 10.2 Å². The molecule has 4 nitrogen and oxygen atoms in total. The van der Waals surface area contributed by atoms with Gasteiger partial charge in [-0.15, -0.1) is 0 Å². The fraction of sp³-hybridized carbons (Fsp3) is 0.944. The number of nitrogens with one attached hydrogen (secondary N) is 1. The van der Waals surface area contributed by atoms with Crippen molar-refractivity contribution < 1.29 is 9.53 Å². The molecule has 3 aliphatic heterocycles. The molecule has 23 heavy (non-hydrogen) atoms. The van der Waals surface area contributed by atoms with Crippen LogP contribution in [-0.4, -0.2) is 51.8 Å². The topological polar surface area (TPSA) is 41.6 Å². The van der Waals surface area contributed by atoms with Crippen LogP contribution < -0.4 is 5.32 Å². The van der Waals surface area contributed by atoms with E-state index in [0.717, 1.165) is 32.2 Å². The predicted molar refractivity (Wildman–Crippen MR) is 96.0 cm³/mol. The molecule has 132 valence electrons. The summed E-state index contributed by atoms with van der Waals surface area (Å²) < 4.78 is 6.03. The van der Waals surface area contributed by atoms with Gasteiger partial charge in [0.25, 0.3) is 0 Å². The Kier molecular flexibility index (Phi) is 4.90. The normalized spacial score (nSPS) is 37.2. The number of carbonyl (C=O) groups is 1. The first-order chi connectivity index (χ1) is 10.8. The summed E-state index contributed by atoms with van der Waals surface area (Å²) in [6, 6.07) is 1.29. The minimum Gasteiger partial charge on any atom is -0.444 e. The third-order valence-corrected chi connectivity index (χ3v) is 6.94. The predicted octanol–water partition coefficient (Wildman–Crippen LogP) is 3.79. The van der Waals surface area contributed by atoms with Gasteiger partial charge in [-0.3, -0.25) is 0 Å². The van der Waals surface area contributed by atoms with Gasteiger partial charge in [-0.2, -0.15) is 11.8 Å².